The van der Waals surface area contributed by atoms with Crippen LogP contribution in [0.15, 0.2) is 30.3 Å². The van der Waals surface area contributed by atoms with E-state index in [0.29, 0.717) is 6.42 Å². The van der Waals surface area contributed by atoms with Crippen molar-refractivity contribution in [2.45, 2.75) is 33.2 Å². The van der Waals surface area contributed by atoms with Crippen LogP contribution in [0.1, 0.15) is 26.3 Å². The van der Waals surface area contributed by atoms with Crippen LogP contribution in [0.3, 0.4) is 0 Å². The first-order valence-electron chi connectivity index (χ1n) is 7.71. The van der Waals surface area contributed by atoms with Gasteiger partial charge in [0.05, 0.1) is 12.5 Å². The monoisotopic (exact) mass is 342 g/mol. The molecule has 1 aromatic rings. The zero-order chi connectivity index (χ0) is 17.5. The topological polar surface area (TPSA) is 75.7 Å². The first kappa shape index (κ1) is 19.6. The van der Waals surface area contributed by atoms with E-state index in [1.807, 2.05) is 30.3 Å². The maximum Gasteiger partial charge on any atom is 0.310 e. The second-order valence-corrected chi connectivity index (χ2v) is 7.42. The number of rotatable bonds is 9. The van der Waals surface area contributed by atoms with E-state index in [9.17, 15) is 13.2 Å². The number of esters is 1. The van der Waals surface area contributed by atoms with Crippen LogP contribution < -0.4 is 4.72 Å². The molecule has 0 radical (unpaired) electrons. The Hall–Kier alpha value is -1.44. The summed E-state index contributed by atoms with van der Waals surface area (Å²) in [5.41, 5.74) is 0.960. The lowest BCUT2D eigenvalue weighted by Crippen LogP contribution is -2.44. The fourth-order valence-corrected chi connectivity index (χ4v) is 3.15. The fraction of sp³-hybridized carbons (Fsp3) is 0.562. The van der Waals surface area contributed by atoms with Crippen LogP contribution in [-0.2, 0) is 26.2 Å². The average molecular weight is 342 g/mol. The smallest absolute Gasteiger partial charge is 0.310 e. The summed E-state index contributed by atoms with van der Waals surface area (Å²) in [6.07, 6.45) is 0.424. The fourth-order valence-electron chi connectivity index (χ4n) is 1.98. The number of hydrogen-bond donors (Lipinski definition) is 1. The molecule has 0 saturated heterocycles. The van der Waals surface area contributed by atoms with Gasteiger partial charge in [-0.1, -0.05) is 30.3 Å². The third-order valence-corrected chi connectivity index (χ3v) is 5.27. The quantitative estimate of drug-likeness (QED) is 0.692. The minimum Gasteiger partial charge on any atom is -0.466 e. The Balaban J connectivity index is 2.79. The van der Waals surface area contributed by atoms with E-state index in [1.54, 1.807) is 20.8 Å². The van der Waals surface area contributed by atoms with Gasteiger partial charge in [-0.15, -0.1) is 0 Å². The summed E-state index contributed by atoms with van der Waals surface area (Å²) < 4.78 is 33.1. The maximum absolute atomic E-state index is 12.2. The zero-order valence-corrected chi connectivity index (χ0v) is 15.0. The van der Waals surface area contributed by atoms with E-state index in [1.165, 1.54) is 11.4 Å². The van der Waals surface area contributed by atoms with Gasteiger partial charge in [0.1, 0.15) is 0 Å². The van der Waals surface area contributed by atoms with Crippen LogP contribution in [0, 0.1) is 5.92 Å². The van der Waals surface area contributed by atoms with E-state index in [4.69, 9.17) is 4.74 Å². The summed E-state index contributed by atoms with van der Waals surface area (Å²) in [7, 11) is -2.12. The lowest BCUT2D eigenvalue weighted by molar-refractivity contribution is -0.147. The standard InChI is InChI=1S/C16H26N2O4S/c1-5-22-16(19)15(11-14-9-7-6-8-10-14)12-17-23(20,21)18(4)13(2)3/h6-10,13,15,17H,5,11-12H2,1-4H3/t15-/m0/s1. The van der Waals surface area contributed by atoms with E-state index in [0.717, 1.165) is 5.56 Å². The van der Waals surface area contributed by atoms with Gasteiger partial charge in [-0.2, -0.15) is 12.7 Å². The lowest BCUT2D eigenvalue weighted by Gasteiger charge is -2.23. The van der Waals surface area contributed by atoms with Crippen molar-refractivity contribution < 1.29 is 17.9 Å². The second kappa shape index (κ2) is 9.00. The summed E-state index contributed by atoms with van der Waals surface area (Å²) in [4.78, 5) is 12.1. The second-order valence-electron chi connectivity index (χ2n) is 5.60. The Morgan fingerprint density at radius 1 is 1.26 bits per heavy atom. The predicted octanol–water partition coefficient (Wildman–Crippen LogP) is 1.58. The highest BCUT2D eigenvalue weighted by Crippen LogP contribution is 2.11. The van der Waals surface area contributed by atoms with Crippen molar-refractivity contribution in [1.29, 1.82) is 0 Å². The number of benzene rings is 1. The first-order valence-corrected chi connectivity index (χ1v) is 9.15. The van der Waals surface area contributed by atoms with Gasteiger partial charge in [-0.05, 0) is 32.8 Å². The van der Waals surface area contributed by atoms with Crippen molar-refractivity contribution in [1.82, 2.24) is 9.03 Å². The minimum atomic E-state index is -3.62. The largest absolute Gasteiger partial charge is 0.466 e. The SMILES string of the molecule is CCOC(=O)[C@H](CNS(=O)(=O)N(C)C(C)C)Cc1ccccc1. The van der Waals surface area contributed by atoms with Gasteiger partial charge in [-0.3, -0.25) is 4.79 Å². The molecule has 7 heteroatoms. The molecule has 0 aliphatic heterocycles. The number of hydrogen-bond acceptors (Lipinski definition) is 4. The van der Waals surface area contributed by atoms with Gasteiger partial charge in [0, 0.05) is 19.6 Å². The summed E-state index contributed by atoms with van der Waals surface area (Å²) in [6, 6.07) is 9.30. The average Bonchev–Trinajstić information content (AvgIpc) is 2.51. The van der Waals surface area contributed by atoms with E-state index < -0.39 is 22.1 Å². The number of nitrogens with one attached hydrogen (secondary N) is 1. The van der Waals surface area contributed by atoms with Gasteiger partial charge in [0.15, 0.2) is 0 Å². The molecule has 0 amide bonds. The summed E-state index contributed by atoms with van der Waals surface area (Å²) in [6.45, 7) is 5.57. The Morgan fingerprint density at radius 2 is 1.87 bits per heavy atom. The maximum atomic E-state index is 12.2. The number of nitrogens with zero attached hydrogens (tertiary/aromatic N) is 1. The molecule has 1 atom stereocenters. The van der Waals surface area contributed by atoms with Crippen molar-refractivity contribution >= 4 is 16.2 Å². The molecule has 1 rings (SSSR count). The van der Waals surface area contributed by atoms with Crippen LogP contribution in [0.5, 0.6) is 0 Å². The molecular weight excluding hydrogens is 316 g/mol. The molecule has 0 aromatic heterocycles. The Bertz CT molecular complexity index is 587. The molecule has 0 aliphatic rings. The van der Waals surface area contributed by atoms with Gasteiger partial charge >= 0.3 is 5.97 Å². The molecule has 0 unspecified atom stereocenters. The third-order valence-electron chi connectivity index (χ3n) is 3.56. The lowest BCUT2D eigenvalue weighted by atomic mass is 10.00. The predicted molar refractivity (Wildman–Crippen MR) is 90.1 cm³/mol. The third kappa shape index (κ3) is 6.29. The van der Waals surface area contributed by atoms with Gasteiger partial charge in [-0.25, -0.2) is 4.72 Å². The summed E-state index contributed by atoms with van der Waals surface area (Å²) in [5.74, 6) is -0.959. The van der Waals surface area contributed by atoms with Crippen molar-refractivity contribution in [3.8, 4) is 0 Å². The van der Waals surface area contributed by atoms with E-state index >= 15 is 0 Å². The van der Waals surface area contributed by atoms with Crippen LogP contribution in [0.4, 0.5) is 0 Å². The van der Waals surface area contributed by atoms with E-state index in [2.05, 4.69) is 4.72 Å². The number of ether oxygens (including phenoxy) is 1. The molecule has 0 fully saturated rings. The Labute approximate surface area is 139 Å². The molecule has 6 nitrogen and oxygen atoms in total. The molecule has 0 bridgehead atoms. The highest BCUT2D eigenvalue weighted by Gasteiger charge is 2.25. The normalized spacial score (nSPS) is 13.3. The van der Waals surface area contributed by atoms with Crippen LogP contribution in [0.2, 0.25) is 0 Å². The molecule has 130 valence electrons. The Morgan fingerprint density at radius 3 is 2.39 bits per heavy atom. The van der Waals surface area contributed by atoms with Crippen molar-refractivity contribution in [2.75, 3.05) is 20.2 Å². The van der Waals surface area contributed by atoms with Gasteiger partial charge in [0.25, 0.3) is 10.2 Å². The number of carbonyl (C=O) groups is 1. The molecule has 1 aromatic carbocycles. The van der Waals surface area contributed by atoms with Gasteiger partial charge in [0.2, 0.25) is 0 Å². The summed E-state index contributed by atoms with van der Waals surface area (Å²) in [5, 5.41) is 0. The van der Waals surface area contributed by atoms with Crippen LogP contribution >= 0.6 is 0 Å². The Kier molecular flexibility index (Phi) is 7.67. The highest BCUT2D eigenvalue weighted by atomic mass is 32.2. The summed E-state index contributed by atoms with van der Waals surface area (Å²) >= 11 is 0. The van der Waals surface area contributed by atoms with E-state index in [-0.39, 0.29) is 19.2 Å². The molecule has 1 N–H and O–H groups in total. The zero-order valence-electron chi connectivity index (χ0n) is 14.2. The molecule has 0 saturated carbocycles. The van der Waals surface area contributed by atoms with Crippen molar-refractivity contribution in [2.24, 2.45) is 5.92 Å². The molecule has 0 aliphatic carbocycles. The molecule has 23 heavy (non-hydrogen) atoms. The van der Waals surface area contributed by atoms with Crippen molar-refractivity contribution in [3.05, 3.63) is 35.9 Å². The first-order chi connectivity index (χ1) is 10.8. The minimum absolute atomic E-state index is 0.00706. The van der Waals surface area contributed by atoms with Crippen LogP contribution in [0.25, 0.3) is 0 Å². The number of carbonyl (C=O) groups excluding carboxylic acids is 1. The van der Waals surface area contributed by atoms with Gasteiger partial charge < -0.3 is 4.74 Å². The molecular formula is C16H26N2O4S. The molecule has 0 spiro atoms. The van der Waals surface area contributed by atoms with Crippen molar-refractivity contribution in [3.63, 3.8) is 0 Å². The highest BCUT2D eigenvalue weighted by molar-refractivity contribution is 7.87. The molecule has 0 heterocycles. The van der Waals surface area contributed by atoms with Crippen LogP contribution in [-0.4, -0.2) is 44.9 Å².